The Morgan fingerprint density at radius 3 is 2.54 bits per heavy atom. The number of nitrogens with one attached hydrogen (secondary N) is 2. The van der Waals surface area contributed by atoms with Crippen molar-refractivity contribution in [3.05, 3.63) is 36.3 Å². The number of carbonyl (C=O) groups is 1. The third-order valence-electron chi connectivity index (χ3n) is 7.31. The molecular formula is C25H35N9O. The fourth-order valence-corrected chi connectivity index (χ4v) is 5.36. The number of nitrogens with two attached hydrogens (primary N) is 1. The summed E-state index contributed by atoms with van der Waals surface area (Å²) >= 11 is 0. The highest BCUT2D eigenvalue weighted by Crippen LogP contribution is 2.34. The van der Waals surface area contributed by atoms with Gasteiger partial charge in [-0.2, -0.15) is 4.98 Å². The van der Waals surface area contributed by atoms with Crippen molar-refractivity contribution < 1.29 is 4.79 Å². The highest BCUT2D eigenvalue weighted by atomic mass is 16.2. The standard InChI is InChI=1S/C25H35N9O/c1-32(2)18-9-11-33(12-10-18)20-7-8-22(27-15-20)30-25-28-14-17-13-21(24(35)29-16-26)34(23(17)31-25)19-5-3-4-6-19/h7-8,13-15,18-19H,3-6,9-12,16,26H2,1-2H3,(H,29,35)(H,27,28,30,31). The average Bonchev–Trinajstić information content (AvgIpc) is 3.52. The molecule has 10 nitrogen and oxygen atoms in total. The first kappa shape index (κ1) is 23.5. The Morgan fingerprint density at radius 1 is 1.11 bits per heavy atom. The number of pyridine rings is 1. The molecule has 4 heterocycles. The maximum absolute atomic E-state index is 12.7. The monoisotopic (exact) mass is 477 g/mol. The minimum atomic E-state index is -0.182. The smallest absolute Gasteiger partial charge is 0.268 e. The lowest BCUT2D eigenvalue weighted by Gasteiger charge is -2.36. The average molecular weight is 478 g/mol. The van der Waals surface area contributed by atoms with Crippen molar-refractivity contribution in [3.63, 3.8) is 0 Å². The van der Waals surface area contributed by atoms with Gasteiger partial charge in [0, 0.05) is 36.8 Å². The van der Waals surface area contributed by atoms with Gasteiger partial charge < -0.3 is 30.7 Å². The SMILES string of the molecule is CN(C)C1CCN(c2ccc(Nc3ncc4cc(C(=O)NCN)n(C5CCCC5)c4n3)nc2)CC1. The largest absolute Gasteiger partial charge is 0.370 e. The van der Waals surface area contributed by atoms with E-state index >= 15 is 0 Å². The van der Waals surface area contributed by atoms with Crippen molar-refractivity contribution in [1.29, 1.82) is 0 Å². The zero-order chi connectivity index (χ0) is 24.4. The van der Waals surface area contributed by atoms with Crippen molar-refractivity contribution in [1.82, 2.24) is 29.7 Å². The number of hydrogen-bond donors (Lipinski definition) is 3. The van der Waals surface area contributed by atoms with Crippen LogP contribution in [0.4, 0.5) is 17.5 Å². The predicted octanol–water partition coefficient (Wildman–Crippen LogP) is 2.86. The van der Waals surface area contributed by atoms with Crippen LogP contribution in [0.25, 0.3) is 11.0 Å². The molecule has 0 aromatic carbocycles. The second kappa shape index (κ2) is 10.2. The molecule has 3 aromatic heterocycles. The molecule has 0 atom stereocenters. The molecular weight excluding hydrogens is 442 g/mol. The number of hydrogen-bond acceptors (Lipinski definition) is 8. The van der Waals surface area contributed by atoms with E-state index in [1.165, 1.54) is 0 Å². The van der Waals surface area contributed by atoms with E-state index in [2.05, 4.69) is 55.1 Å². The number of amides is 1. The molecule has 4 N–H and O–H groups in total. The number of piperidine rings is 1. The topological polar surface area (TPSA) is 117 Å². The number of carbonyl (C=O) groups excluding carboxylic acids is 1. The Kier molecular flexibility index (Phi) is 6.83. The second-order valence-corrected chi connectivity index (χ2v) is 9.73. The summed E-state index contributed by atoms with van der Waals surface area (Å²) in [6.45, 7) is 2.17. The van der Waals surface area contributed by atoms with Crippen LogP contribution in [-0.2, 0) is 0 Å². The summed E-state index contributed by atoms with van der Waals surface area (Å²) in [5.41, 5.74) is 8.04. The maximum Gasteiger partial charge on any atom is 0.268 e. The zero-order valence-electron chi connectivity index (χ0n) is 20.6. The molecule has 0 radical (unpaired) electrons. The van der Waals surface area contributed by atoms with Gasteiger partial charge in [0.2, 0.25) is 5.95 Å². The normalized spacial score (nSPS) is 17.4. The van der Waals surface area contributed by atoms with Gasteiger partial charge >= 0.3 is 0 Å². The van der Waals surface area contributed by atoms with Crippen molar-refractivity contribution in [2.24, 2.45) is 5.73 Å². The number of aromatic nitrogens is 4. The van der Waals surface area contributed by atoms with Crippen LogP contribution in [0.3, 0.4) is 0 Å². The first-order valence-electron chi connectivity index (χ1n) is 12.5. The molecule has 0 spiro atoms. The fraction of sp³-hybridized carbons (Fsp3) is 0.520. The predicted molar refractivity (Wildman–Crippen MR) is 138 cm³/mol. The molecule has 186 valence electrons. The Labute approximate surface area is 205 Å². The first-order valence-corrected chi connectivity index (χ1v) is 12.5. The lowest BCUT2D eigenvalue weighted by atomic mass is 10.0. The van der Waals surface area contributed by atoms with Crippen molar-refractivity contribution in [3.8, 4) is 0 Å². The van der Waals surface area contributed by atoms with Crippen LogP contribution in [0.1, 0.15) is 55.1 Å². The van der Waals surface area contributed by atoms with Gasteiger partial charge in [-0.3, -0.25) is 4.79 Å². The van der Waals surface area contributed by atoms with Gasteiger partial charge in [0.25, 0.3) is 5.91 Å². The Hall–Kier alpha value is -3.24. The van der Waals surface area contributed by atoms with E-state index in [9.17, 15) is 4.79 Å². The summed E-state index contributed by atoms with van der Waals surface area (Å²) in [6.07, 6.45) is 10.4. The van der Waals surface area contributed by atoms with Gasteiger partial charge in [-0.15, -0.1) is 0 Å². The molecule has 1 saturated heterocycles. The van der Waals surface area contributed by atoms with Crippen LogP contribution in [-0.4, -0.2) is 70.2 Å². The summed E-state index contributed by atoms with van der Waals surface area (Å²) in [6, 6.07) is 6.83. The molecule has 1 aliphatic carbocycles. The molecule has 35 heavy (non-hydrogen) atoms. The molecule has 5 rings (SSSR count). The second-order valence-electron chi connectivity index (χ2n) is 9.73. The molecule has 0 unspecified atom stereocenters. The zero-order valence-corrected chi connectivity index (χ0v) is 20.6. The summed E-state index contributed by atoms with van der Waals surface area (Å²) in [7, 11) is 4.31. The van der Waals surface area contributed by atoms with E-state index in [4.69, 9.17) is 10.7 Å². The van der Waals surface area contributed by atoms with E-state index < -0.39 is 0 Å². The van der Waals surface area contributed by atoms with Crippen LogP contribution in [0, 0.1) is 0 Å². The maximum atomic E-state index is 12.7. The Bertz CT molecular complexity index is 1160. The van der Waals surface area contributed by atoms with Gasteiger partial charge in [-0.05, 0) is 58.0 Å². The van der Waals surface area contributed by atoms with Gasteiger partial charge in [0.1, 0.15) is 17.2 Å². The number of rotatable bonds is 7. The van der Waals surface area contributed by atoms with Crippen molar-refractivity contribution in [2.45, 2.75) is 50.6 Å². The minimum Gasteiger partial charge on any atom is -0.370 e. The summed E-state index contributed by atoms with van der Waals surface area (Å²) in [5, 5.41) is 6.80. The Balaban J connectivity index is 1.35. The quantitative estimate of drug-likeness (QED) is 0.445. The van der Waals surface area contributed by atoms with Crippen LogP contribution < -0.4 is 21.3 Å². The lowest BCUT2D eigenvalue weighted by molar-refractivity contribution is 0.0944. The van der Waals surface area contributed by atoms with E-state index in [1.807, 2.05) is 18.3 Å². The van der Waals surface area contributed by atoms with Gasteiger partial charge in [0.15, 0.2) is 0 Å². The van der Waals surface area contributed by atoms with Crippen LogP contribution in [0.15, 0.2) is 30.6 Å². The molecule has 3 aromatic rings. The molecule has 1 saturated carbocycles. The van der Waals surface area contributed by atoms with E-state index in [0.717, 1.165) is 68.3 Å². The summed E-state index contributed by atoms with van der Waals surface area (Å²) in [5.74, 6) is 0.975. The van der Waals surface area contributed by atoms with E-state index in [0.29, 0.717) is 23.5 Å². The minimum absolute atomic E-state index is 0.0961. The van der Waals surface area contributed by atoms with Crippen LogP contribution in [0.2, 0.25) is 0 Å². The third-order valence-corrected chi connectivity index (χ3v) is 7.31. The fourth-order valence-electron chi connectivity index (χ4n) is 5.36. The van der Waals surface area contributed by atoms with E-state index in [1.54, 1.807) is 6.20 Å². The molecule has 0 bridgehead atoms. The molecule has 2 aliphatic rings. The van der Waals surface area contributed by atoms with Crippen molar-refractivity contribution in [2.75, 3.05) is 44.1 Å². The Morgan fingerprint density at radius 2 is 1.89 bits per heavy atom. The van der Waals surface area contributed by atoms with E-state index in [-0.39, 0.29) is 18.6 Å². The molecule has 1 amide bonds. The van der Waals surface area contributed by atoms with Gasteiger partial charge in [0.05, 0.1) is 18.6 Å². The van der Waals surface area contributed by atoms with Crippen LogP contribution in [0.5, 0.6) is 0 Å². The number of nitrogens with zero attached hydrogens (tertiary/aromatic N) is 6. The number of anilines is 3. The number of fused-ring (bicyclic) bond motifs is 1. The lowest BCUT2D eigenvalue weighted by Crippen LogP contribution is -2.42. The van der Waals surface area contributed by atoms with Crippen molar-refractivity contribution >= 4 is 34.4 Å². The van der Waals surface area contributed by atoms with Crippen LogP contribution >= 0.6 is 0 Å². The summed E-state index contributed by atoms with van der Waals surface area (Å²) in [4.78, 5) is 31.3. The van der Waals surface area contributed by atoms with Gasteiger partial charge in [-0.1, -0.05) is 12.8 Å². The molecule has 1 aliphatic heterocycles. The molecule has 10 heteroatoms. The molecule has 2 fully saturated rings. The van der Waals surface area contributed by atoms with Gasteiger partial charge in [-0.25, -0.2) is 9.97 Å². The summed E-state index contributed by atoms with van der Waals surface area (Å²) < 4.78 is 2.06. The third kappa shape index (κ3) is 4.94. The highest BCUT2D eigenvalue weighted by molar-refractivity contribution is 5.98. The highest BCUT2D eigenvalue weighted by Gasteiger charge is 2.26. The first-order chi connectivity index (χ1) is 17.0.